The molecule has 2 aromatic rings. The molecule has 4 nitrogen and oxygen atoms in total. The van der Waals surface area contributed by atoms with E-state index < -0.39 is 0 Å². The zero-order valence-electron chi connectivity index (χ0n) is 11.3. The van der Waals surface area contributed by atoms with Crippen molar-refractivity contribution in [1.82, 2.24) is 9.47 Å². The van der Waals surface area contributed by atoms with Gasteiger partial charge in [0.25, 0.3) is 0 Å². The lowest BCUT2D eigenvalue weighted by Gasteiger charge is -2.26. The topological polar surface area (TPSA) is 26.6 Å². The van der Waals surface area contributed by atoms with Gasteiger partial charge in [-0.1, -0.05) is 0 Å². The molecule has 4 heteroatoms. The van der Waals surface area contributed by atoms with Gasteiger partial charge in [-0.2, -0.15) is 0 Å². The molecule has 1 fully saturated rings. The Morgan fingerprint density at radius 2 is 2.05 bits per heavy atom. The Morgan fingerprint density at radius 3 is 2.89 bits per heavy atom. The van der Waals surface area contributed by atoms with E-state index in [-0.39, 0.29) is 0 Å². The maximum Gasteiger partial charge on any atom is 0.120 e. The lowest BCUT2D eigenvalue weighted by atomic mass is 10.2. The first-order valence-electron chi connectivity index (χ1n) is 6.81. The van der Waals surface area contributed by atoms with E-state index in [1.165, 1.54) is 10.9 Å². The third kappa shape index (κ3) is 2.91. The summed E-state index contributed by atoms with van der Waals surface area (Å²) in [5, 5.41) is 1.23. The van der Waals surface area contributed by atoms with E-state index in [4.69, 9.17) is 9.47 Å². The summed E-state index contributed by atoms with van der Waals surface area (Å²) in [6.07, 6.45) is 2.07. The zero-order valence-corrected chi connectivity index (χ0v) is 11.3. The molecule has 0 saturated carbocycles. The van der Waals surface area contributed by atoms with Crippen LogP contribution >= 0.6 is 0 Å². The molecule has 0 unspecified atom stereocenters. The van der Waals surface area contributed by atoms with Gasteiger partial charge in [-0.25, -0.2) is 0 Å². The Hall–Kier alpha value is -1.52. The van der Waals surface area contributed by atoms with Crippen LogP contribution in [0.3, 0.4) is 0 Å². The molecular weight excluding hydrogens is 240 g/mol. The van der Waals surface area contributed by atoms with Gasteiger partial charge >= 0.3 is 0 Å². The number of nitrogens with zero attached hydrogens (tertiary/aromatic N) is 2. The molecule has 1 aromatic heterocycles. The fraction of sp³-hybridized carbons (Fsp3) is 0.467. The molecular formula is C15H20N2O2. The Morgan fingerprint density at radius 1 is 1.21 bits per heavy atom. The van der Waals surface area contributed by atoms with Crippen LogP contribution in [0.25, 0.3) is 10.9 Å². The van der Waals surface area contributed by atoms with E-state index in [0.29, 0.717) is 0 Å². The number of rotatable bonds is 4. The third-order valence-electron chi connectivity index (χ3n) is 3.64. The molecule has 0 bridgehead atoms. The van der Waals surface area contributed by atoms with E-state index >= 15 is 0 Å². The minimum atomic E-state index is 0.734. The fourth-order valence-corrected chi connectivity index (χ4v) is 2.47. The zero-order chi connectivity index (χ0) is 13.1. The van der Waals surface area contributed by atoms with Gasteiger partial charge in [-0.05, 0) is 24.3 Å². The van der Waals surface area contributed by atoms with Crippen LogP contribution in [-0.4, -0.2) is 48.9 Å². The summed E-state index contributed by atoms with van der Waals surface area (Å²) in [5.74, 6) is 0.951. The first-order valence-corrected chi connectivity index (χ1v) is 6.81. The molecule has 0 atom stereocenters. The van der Waals surface area contributed by atoms with Crippen molar-refractivity contribution in [3.63, 3.8) is 0 Å². The predicted octanol–water partition coefficient (Wildman–Crippen LogP) is 1.89. The van der Waals surface area contributed by atoms with Gasteiger partial charge in [-0.15, -0.1) is 0 Å². The highest BCUT2D eigenvalue weighted by molar-refractivity contribution is 5.81. The number of fused-ring (bicyclic) bond motifs is 1. The van der Waals surface area contributed by atoms with Gasteiger partial charge in [-0.3, -0.25) is 4.90 Å². The molecule has 1 saturated heterocycles. The first-order chi connectivity index (χ1) is 9.33. The first kappa shape index (κ1) is 12.5. The molecule has 2 heterocycles. The van der Waals surface area contributed by atoms with Crippen LogP contribution in [-0.2, 0) is 11.8 Å². The molecule has 1 aliphatic rings. The molecule has 0 amide bonds. The second-order valence-electron chi connectivity index (χ2n) is 4.95. The smallest absolute Gasteiger partial charge is 0.120 e. The van der Waals surface area contributed by atoms with Gasteiger partial charge in [0.05, 0.1) is 13.2 Å². The van der Waals surface area contributed by atoms with Gasteiger partial charge in [0.1, 0.15) is 12.4 Å². The average molecular weight is 260 g/mol. The molecule has 19 heavy (non-hydrogen) atoms. The van der Waals surface area contributed by atoms with E-state index in [2.05, 4.69) is 40.9 Å². The van der Waals surface area contributed by atoms with Crippen molar-refractivity contribution in [2.45, 2.75) is 0 Å². The number of ether oxygens (including phenoxy) is 2. The molecule has 3 rings (SSSR count). The van der Waals surface area contributed by atoms with Crippen LogP contribution in [0, 0.1) is 0 Å². The second kappa shape index (κ2) is 5.63. The molecule has 0 spiro atoms. The highest BCUT2D eigenvalue weighted by Gasteiger charge is 2.09. The number of aryl methyl sites for hydroxylation is 1. The van der Waals surface area contributed by atoms with Gasteiger partial charge in [0.2, 0.25) is 0 Å². The van der Waals surface area contributed by atoms with Crippen LogP contribution in [0.15, 0.2) is 30.5 Å². The largest absolute Gasteiger partial charge is 0.492 e. The molecule has 102 valence electrons. The van der Waals surface area contributed by atoms with E-state index in [9.17, 15) is 0 Å². The summed E-state index contributed by atoms with van der Waals surface area (Å²) >= 11 is 0. The van der Waals surface area contributed by atoms with E-state index in [1.807, 2.05) is 6.07 Å². The number of benzene rings is 1. The Bertz CT molecular complexity index is 544. The Kier molecular flexibility index (Phi) is 3.71. The minimum Gasteiger partial charge on any atom is -0.492 e. The van der Waals surface area contributed by atoms with E-state index in [1.54, 1.807) is 0 Å². The number of morpholine rings is 1. The Labute approximate surface area is 113 Å². The Balaban J connectivity index is 1.56. The van der Waals surface area contributed by atoms with Crippen LogP contribution in [0.5, 0.6) is 5.75 Å². The highest BCUT2D eigenvalue weighted by Crippen LogP contribution is 2.21. The summed E-state index contributed by atoms with van der Waals surface area (Å²) in [6, 6.07) is 8.37. The van der Waals surface area contributed by atoms with Crippen molar-refractivity contribution in [3.05, 3.63) is 30.5 Å². The normalized spacial score (nSPS) is 16.9. The number of hydrogen-bond donors (Lipinski definition) is 0. The second-order valence-corrected chi connectivity index (χ2v) is 4.95. The fourth-order valence-electron chi connectivity index (χ4n) is 2.47. The molecule has 1 aliphatic heterocycles. The number of hydrogen-bond acceptors (Lipinski definition) is 3. The van der Waals surface area contributed by atoms with E-state index in [0.717, 1.165) is 45.2 Å². The molecule has 0 aliphatic carbocycles. The monoisotopic (exact) mass is 260 g/mol. The summed E-state index contributed by atoms with van der Waals surface area (Å²) in [7, 11) is 2.06. The van der Waals surface area contributed by atoms with Crippen molar-refractivity contribution in [1.29, 1.82) is 0 Å². The molecule has 0 N–H and O–H groups in total. The quantitative estimate of drug-likeness (QED) is 0.840. The predicted molar refractivity (Wildman–Crippen MR) is 75.7 cm³/mol. The maximum atomic E-state index is 5.83. The van der Waals surface area contributed by atoms with Gasteiger partial charge in [0.15, 0.2) is 0 Å². The van der Waals surface area contributed by atoms with Gasteiger partial charge < -0.3 is 14.0 Å². The SMILES string of the molecule is Cn1ccc2cc(OCCN3CCOCC3)ccc21. The van der Waals surface area contributed by atoms with Crippen molar-refractivity contribution >= 4 is 10.9 Å². The maximum absolute atomic E-state index is 5.83. The minimum absolute atomic E-state index is 0.734. The van der Waals surface area contributed by atoms with Crippen molar-refractivity contribution in [2.75, 3.05) is 39.5 Å². The lowest BCUT2D eigenvalue weighted by Crippen LogP contribution is -2.38. The van der Waals surface area contributed by atoms with Crippen LogP contribution in [0.4, 0.5) is 0 Å². The summed E-state index contributed by atoms with van der Waals surface area (Å²) in [4.78, 5) is 2.38. The highest BCUT2D eigenvalue weighted by atomic mass is 16.5. The molecule has 0 radical (unpaired) electrons. The van der Waals surface area contributed by atoms with Crippen LogP contribution in [0.1, 0.15) is 0 Å². The van der Waals surface area contributed by atoms with Gasteiger partial charge in [0, 0.05) is 43.8 Å². The summed E-state index contributed by atoms with van der Waals surface area (Å²) in [6.45, 7) is 5.42. The van der Waals surface area contributed by atoms with Crippen molar-refractivity contribution < 1.29 is 9.47 Å². The third-order valence-corrected chi connectivity index (χ3v) is 3.64. The molecule has 1 aromatic carbocycles. The lowest BCUT2D eigenvalue weighted by molar-refractivity contribution is 0.0322. The van der Waals surface area contributed by atoms with Crippen LogP contribution < -0.4 is 4.74 Å². The standard InChI is InChI=1S/C15H20N2O2/c1-16-5-4-13-12-14(2-3-15(13)16)19-11-8-17-6-9-18-10-7-17/h2-5,12H,6-11H2,1H3. The summed E-state index contributed by atoms with van der Waals surface area (Å²) < 4.78 is 13.3. The van der Waals surface area contributed by atoms with Crippen molar-refractivity contribution in [3.8, 4) is 5.75 Å². The number of aromatic nitrogens is 1. The van der Waals surface area contributed by atoms with Crippen LogP contribution in [0.2, 0.25) is 0 Å². The summed E-state index contributed by atoms with van der Waals surface area (Å²) in [5.41, 5.74) is 1.24. The van der Waals surface area contributed by atoms with Crippen molar-refractivity contribution in [2.24, 2.45) is 7.05 Å². The average Bonchev–Trinajstić information content (AvgIpc) is 2.81.